The molecule has 0 unspecified atom stereocenters. The van der Waals surface area contributed by atoms with Crippen LogP contribution in [0.4, 0.5) is 35.0 Å². The maximum atomic E-state index is 13.7. The zero-order chi connectivity index (χ0) is 15.6. The third-order valence-electron chi connectivity index (χ3n) is 2.69. The van der Waals surface area contributed by atoms with Crippen LogP contribution < -0.4 is 16.2 Å². The summed E-state index contributed by atoms with van der Waals surface area (Å²) in [4.78, 5) is 8.20. The Bertz CT molecular complexity index is 644. The van der Waals surface area contributed by atoms with Crippen molar-refractivity contribution in [2.45, 2.75) is 6.18 Å². The number of nitrogens with one attached hydrogen (secondary N) is 1. The van der Waals surface area contributed by atoms with Crippen molar-refractivity contribution in [3.63, 3.8) is 0 Å². The molecule has 1 heterocycles. The summed E-state index contributed by atoms with van der Waals surface area (Å²) in [5, 5.41) is 0. The summed E-state index contributed by atoms with van der Waals surface area (Å²) in [5.41, 5.74) is 0.857. The topological polar surface area (TPSA) is 67.1 Å². The molecule has 0 fully saturated rings. The van der Waals surface area contributed by atoms with Crippen molar-refractivity contribution in [3.05, 3.63) is 41.8 Å². The van der Waals surface area contributed by atoms with Gasteiger partial charge in [0.25, 0.3) is 0 Å². The maximum absolute atomic E-state index is 13.7. The molecule has 0 saturated heterocycles. The molecule has 0 aliphatic rings. The first-order valence-corrected chi connectivity index (χ1v) is 5.74. The number of nitrogen functional groups attached to an aromatic ring is 1. The SMILES string of the molecule is CN(c1cc(C(F)(F)F)nc(NN)n1)c1ccccc1F. The molecule has 21 heavy (non-hydrogen) atoms. The van der Waals surface area contributed by atoms with Crippen LogP contribution in [-0.2, 0) is 6.18 Å². The smallest absolute Gasteiger partial charge is 0.327 e. The zero-order valence-electron chi connectivity index (χ0n) is 10.8. The van der Waals surface area contributed by atoms with Crippen LogP contribution >= 0.6 is 0 Å². The summed E-state index contributed by atoms with van der Waals surface area (Å²) >= 11 is 0. The van der Waals surface area contributed by atoms with Gasteiger partial charge in [-0.2, -0.15) is 18.2 Å². The number of nitrogens with zero attached hydrogens (tertiary/aromatic N) is 3. The molecule has 5 nitrogen and oxygen atoms in total. The molecule has 1 aromatic carbocycles. The molecule has 0 saturated carbocycles. The summed E-state index contributed by atoms with van der Waals surface area (Å²) in [7, 11) is 1.39. The van der Waals surface area contributed by atoms with E-state index < -0.39 is 23.6 Å². The number of alkyl halides is 3. The van der Waals surface area contributed by atoms with E-state index in [0.29, 0.717) is 6.07 Å². The van der Waals surface area contributed by atoms with E-state index in [1.165, 1.54) is 30.1 Å². The fourth-order valence-corrected chi connectivity index (χ4v) is 1.66. The van der Waals surface area contributed by atoms with Gasteiger partial charge in [-0.1, -0.05) is 12.1 Å². The number of benzene rings is 1. The molecule has 2 aromatic rings. The molecule has 9 heteroatoms. The second-order valence-corrected chi connectivity index (χ2v) is 4.09. The van der Waals surface area contributed by atoms with Gasteiger partial charge in [0, 0.05) is 13.1 Å². The average molecular weight is 301 g/mol. The zero-order valence-corrected chi connectivity index (χ0v) is 10.8. The Morgan fingerprint density at radius 3 is 2.43 bits per heavy atom. The van der Waals surface area contributed by atoms with Crippen LogP contribution in [0.2, 0.25) is 0 Å². The highest BCUT2D eigenvalue weighted by Gasteiger charge is 2.34. The van der Waals surface area contributed by atoms with Gasteiger partial charge < -0.3 is 4.90 Å². The number of hydrogen-bond donors (Lipinski definition) is 2. The number of halogens is 4. The highest BCUT2D eigenvalue weighted by molar-refractivity contribution is 5.61. The molecule has 0 aliphatic heterocycles. The lowest BCUT2D eigenvalue weighted by atomic mass is 10.2. The number of rotatable bonds is 3. The Morgan fingerprint density at radius 1 is 1.19 bits per heavy atom. The minimum absolute atomic E-state index is 0.0762. The highest BCUT2D eigenvalue weighted by Crippen LogP contribution is 2.32. The fourth-order valence-electron chi connectivity index (χ4n) is 1.66. The molecular formula is C12H11F4N5. The molecule has 3 N–H and O–H groups in total. The Morgan fingerprint density at radius 2 is 1.86 bits per heavy atom. The van der Waals surface area contributed by atoms with Crippen LogP contribution in [0.15, 0.2) is 30.3 Å². The quantitative estimate of drug-likeness (QED) is 0.518. The summed E-state index contributed by atoms with van der Waals surface area (Å²) in [6.07, 6.45) is -4.67. The molecule has 112 valence electrons. The van der Waals surface area contributed by atoms with Gasteiger partial charge in [-0.3, -0.25) is 5.43 Å². The lowest BCUT2D eigenvalue weighted by molar-refractivity contribution is -0.141. The van der Waals surface area contributed by atoms with Crippen molar-refractivity contribution in [2.24, 2.45) is 5.84 Å². The number of hydrogen-bond acceptors (Lipinski definition) is 5. The van der Waals surface area contributed by atoms with Crippen molar-refractivity contribution in [1.29, 1.82) is 0 Å². The second kappa shape index (κ2) is 5.52. The standard InChI is InChI=1S/C12H11F4N5/c1-21(8-5-3-2-4-7(8)13)10-6-9(12(14,15)16)18-11(19-10)20-17/h2-6H,17H2,1H3,(H,18,19,20). The van der Waals surface area contributed by atoms with Gasteiger partial charge in [-0.25, -0.2) is 15.2 Å². The van der Waals surface area contributed by atoms with E-state index in [1.807, 2.05) is 5.43 Å². The summed E-state index contributed by atoms with van der Waals surface area (Å²) in [5.74, 6) is 3.92. The van der Waals surface area contributed by atoms with Gasteiger partial charge in [0.1, 0.15) is 11.6 Å². The fraction of sp³-hybridized carbons (Fsp3) is 0.167. The van der Waals surface area contributed by atoms with Crippen molar-refractivity contribution in [1.82, 2.24) is 9.97 Å². The van der Waals surface area contributed by atoms with Crippen LogP contribution in [0.25, 0.3) is 0 Å². The molecular weight excluding hydrogens is 290 g/mol. The lowest BCUT2D eigenvalue weighted by Crippen LogP contribution is -2.19. The average Bonchev–Trinajstić information content (AvgIpc) is 2.45. The van der Waals surface area contributed by atoms with Crippen LogP contribution in [0.5, 0.6) is 0 Å². The van der Waals surface area contributed by atoms with E-state index in [9.17, 15) is 17.6 Å². The van der Waals surface area contributed by atoms with Gasteiger partial charge in [0.2, 0.25) is 5.95 Å². The molecule has 0 spiro atoms. The third-order valence-corrected chi connectivity index (χ3v) is 2.69. The first-order valence-electron chi connectivity index (χ1n) is 5.74. The van der Waals surface area contributed by atoms with Crippen molar-refractivity contribution in [2.75, 3.05) is 17.4 Å². The van der Waals surface area contributed by atoms with E-state index in [2.05, 4.69) is 9.97 Å². The largest absolute Gasteiger partial charge is 0.433 e. The second-order valence-electron chi connectivity index (χ2n) is 4.09. The van der Waals surface area contributed by atoms with E-state index in [-0.39, 0.29) is 11.5 Å². The van der Waals surface area contributed by atoms with Crippen LogP contribution in [0.3, 0.4) is 0 Å². The molecule has 2 rings (SSSR count). The Kier molecular flexibility index (Phi) is 3.94. The van der Waals surface area contributed by atoms with Crippen molar-refractivity contribution >= 4 is 17.5 Å². The number of para-hydroxylation sites is 1. The minimum atomic E-state index is -4.67. The van der Waals surface area contributed by atoms with E-state index in [4.69, 9.17) is 5.84 Å². The highest BCUT2D eigenvalue weighted by atomic mass is 19.4. The van der Waals surface area contributed by atoms with Gasteiger partial charge in [0.15, 0.2) is 5.69 Å². The predicted molar refractivity (Wildman–Crippen MR) is 69.3 cm³/mol. The number of hydrazine groups is 1. The predicted octanol–water partition coefficient (Wildman–Crippen LogP) is 2.69. The van der Waals surface area contributed by atoms with Gasteiger partial charge in [-0.15, -0.1) is 0 Å². The number of anilines is 3. The minimum Gasteiger partial charge on any atom is -0.327 e. The summed E-state index contributed by atoms with van der Waals surface area (Å²) in [6, 6.07) is 6.36. The molecule has 0 atom stereocenters. The van der Waals surface area contributed by atoms with Crippen LogP contribution in [0.1, 0.15) is 5.69 Å². The summed E-state index contributed by atoms with van der Waals surface area (Å²) < 4.78 is 52.0. The molecule has 0 aliphatic carbocycles. The van der Waals surface area contributed by atoms with Crippen LogP contribution in [-0.4, -0.2) is 17.0 Å². The molecule has 0 bridgehead atoms. The molecule has 0 amide bonds. The first-order chi connectivity index (χ1) is 9.82. The first kappa shape index (κ1) is 15.0. The molecule has 0 radical (unpaired) electrons. The lowest BCUT2D eigenvalue weighted by Gasteiger charge is -2.20. The Hall–Kier alpha value is -2.42. The summed E-state index contributed by atoms with van der Waals surface area (Å²) in [6.45, 7) is 0. The van der Waals surface area contributed by atoms with Crippen LogP contribution in [0, 0.1) is 5.82 Å². The van der Waals surface area contributed by atoms with Gasteiger partial charge in [0.05, 0.1) is 5.69 Å². The van der Waals surface area contributed by atoms with Crippen molar-refractivity contribution in [3.8, 4) is 0 Å². The van der Waals surface area contributed by atoms with Gasteiger partial charge >= 0.3 is 6.18 Å². The van der Waals surface area contributed by atoms with Gasteiger partial charge in [-0.05, 0) is 12.1 Å². The van der Waals surface area contributed by atoms with E-state index in [1.54, 1.807) is 6.07 Å². The Labute approximate surface area is 117 Å². The number of aromatic nitrogens is 2. The molecule has 1 aromatic heterocycles. The van der Waals surface area contributed by atoms with E-state index in [0.717, 1.165) is 0 Å². The monoisotopic (exact) mass is 301 g/mol. The normalized spacial score (nSPS) is 11.3. The Balaban J connectivity index is 2.51. The number of nitrogens with two attached hydrogens (primary N) is 1. The third kappa shape index (κ3) is 3.19. The van der Waals surface area contributed by atoms with E-state index >= 15 is 0 Å². The maximum Gasteiger partial charge on any atom is 0.433 e. The van der Waals surface area contributed by atoms with Crippen molar-refractivity contribution < 1.29 is 17.6 Å².